The van der Waals surface area contributed by atoms with E-state index in [1.165, 1.54) is 31.4 Å². The number of hydrogen-bond donors (Lipinski definition) is 0. The lowest BCUT2D eigenvalue weighted by atomic mass is 9.85. The Balaban J connectivity index is 1.78. The van der Waals surface area contributed by atoms with Gasteiger partial charge in [0.15, 0.2) is 0 Å². The summed E-state index contributed by atoms with van der Waals surface area (Å²) >= 11 is 0. The van der Waals surface area contributed by atoms with E-state index < -0.39 is 0 Å². The van der Waals surface area contributed by atoms with E-state index in [0.29, 0.717) is 12.5 Å². The average molecular weight is 328 g/mol. The molecule has 1 aromatic heterocycles. The molecule has 3 nitrogen and oxygen atoms in total. The number of pyridine rings is 1. The van der Waals surface area contributed by atoms with Crippen LogP contribution in [-0.4, -0.2) is 11.1 Å². The van der Waals surface area contributed by atoms with Gasteiger partial charge in [-0.25, -0.2) is 4.39 Å². The van der Waals surface area contributed by atoms with E-state index in [2.05, 4.69) is 17.9 Å². The highest BCUT2D eigenvalue weighted by Crippen LogP contribution is 2.27. The minimum atomic E-state index is -0.232. The molecule has 0 unspecified atom stereocenters. The molecule has 4 heteroatoms. The van der Waals surface area contributed by atoms with Crippen molar-refractivity contribution in [2.24, 2.45) is 5.92 Å². The van der Waals surface area contributed by atoms with Gasteiger partial charge in [0.2, 0.25) is 0 Å². The number of halogens is 1. The highest BCUT2D eigenvalue weighted by Gasteiger charge is 2.19. The number of hydrogen-bond acceptors (Lipinski definition) is 2. The first-order valence-corrected chi connectivity index (χ1v) is 8.77. The number of aryl methyl sites for hydroxylation is 1. The van der Waals surface area contributed by atoms with Gasteiger partial charge in [0.25, 0.3) is 5.56 Å². The molecule has 2 aromatic rings. The summed E-state index contributed by atoms with van der Waals surface area (Å²) in [6.07, 6.45) is 3.77. The number of rotatable bonds is 6. The van der Waals surface area contributed by atoms with Crippen LogP contribution in [0.3, 0.4) is 0 Å². The molecule has 1 fully saturated rings. The molecule has 24 heavy (non-hydrogen) atoms. The molecule has 0 spiro atoms. The van der Waals surface area contributed by atoms with Gasteiger partial charge in [0, 0.05) is 37.1 Å². The summed E-state index contributed by atoms with van der Waals surface area (Å²) in [4.78, 5) is 14.6. The topological polar surface area (TPSA) is 25.2 Å². The molecule has 1 saturated carbocycles. The number of nitrogens with zero attached hydrogens (tertiary/aromatic N) is 2. The molecule has 3 rings (SSSR count). The van der Waals surface area contributed by atoms with Crippen LogP contribution in [0.25, 0.3) is 0 Å². The van der Waals surface area contributed by atoms with Gasteiger partial charge < -0.3 is 9.47 Å². The normalized spacial score (nSPS) is 14.5. The summed E-state index contributed by atoms with van der Waals surface area (Å²) in [7, 11) is 0. The molecular weight excluding hydrogens is 303 g/mol. The van der Waals surface area contributed by atoms with Crippen molar-refractivity contribution in [3.8, 4) is 0 Å². The van der Waals surface area contributed by atoms with E-state index in [9.17, 15) is 9.18 Å². The first-order valence-electron chi connectivity index (χ1n) is 8.77. The van der Waals surface area contributed by atoms with E-state index in [-0.39, 0.29) is 11.4 Å². The van der Waals surface area contributed by atoms with Gasteiger partial charge in [0.05, 0.1) is 0 Å². The zero-order valence-electron chi connectivity index (χ0n) is 14.5. The Morgan fingerprint density at radius 2 is 1.92 bits per heavy atom. The Morgan fingerprint density at radius 3 is 2.46 bits per heavy atom. The third-order valence-corrected chi connectivity index (χ3v) is 5.01. The summed E-state index contributed by atoms with van der Waals surface area (Å²) in [6.45, 7) is 6.38. The van der Waals surface area contributed by atoms with E-state index in [4.69, 9.17) is 0 Å². The van der Waals surface area contributed by atoms with Crippen molar-refractivity contribution in [3.05, 3.63) is 63.8 Å². The van der Waals surface area contributed by atoms with Crippen LogP contribution >= 0.6 is 0 Å². The smallest absolute Gasteiger partial charge is 0.251 e. The zero-order valence-corrected chi connectivity index (χ0v) is 14.5. The SMILES string of the molecule is CCN(Cc1cc(C)n(CC2CCC2)c(=O)c1)c1ccc(F)cc1. The van der Waals surface area contributed by atoms with Crippen LogP contribution in [0, 0.1) is 18.7 Å². The molecule has 0 atom stereocenters. The van der Waals surface area contributed by atoms with E-state index in [0.717, 1.165) is 30.0 Å². The average Bonchev–Trinajstić information content (AvgIpc) is 2.51. The van der Waals surface area contributed by atoms with Gasteiger partial charge >= 0.3 is 0 Å². The lowest BCUT2D eigenvalue weighted by Gasteiger charge is -2.27. The molecule has 0 N–H and O–H groups in total. The van der Waals surface area contributed by atoms with Crippen LogP contribution in [0.2, 0.25) is 0 Å². The van der Waals surface area contributed by atoms with Crippen LogP contribution in [0.15, 0.2) is 41.2 Å². The Kier molecular flexibility index (Phi) is 5.03. The molecule has 0 amide bonds. The second kappa shape index (κ2) is 7.20. The monoisotopic (exact) mass is 328 g/mol. The summed E-state index contributed by atoms with van der Waals surface area (Å²) in [5.74, 6) is 0.433. The second-order valence-corrected chi connectivity index (χ2v) is 6.74. The highest BCUT2D eigenvalue weighted by molar-refractivity contribution is 5.46. The Morgan fingerprint density at radius 1 is 1.21 bits per heavy atom. The lowest BCUT2D eigenvalue weighted by molar-refractivity contribution is 0.272. The minimum absolute atomic E-state index is 0.0899. The van der Waals surface area contributed by atoms with Crippen molar-refractivity contribution in [1.29, 1.82) is 0 Å². The van der Waals surface area contributed by atoms with Crippen molar-refractivity contribution < 1.29 is 4.39 Å². The number of anilines is 1. The number of benzene rings is 1. The molecule has 1 aliphatic rings. The summed E-state index contributed by atoms with van der Waals surface area (Å²) in [5, 5.41) is 0. The maximum Gasteiger partial charge on any atom is 0.251 e. The first kappa shape index (κ1) is 16.7. The van der Waals surface area contributed by atoms with Crippen LogP contribution < -0.4 is 10.5 Å². The molecule has 1 aliphatic carbocycles. The van der Waals surface area contributed by atoms with Crippen molar-refractivity contribution in [2.75, 3.05) is 11.4 Å². The van der Waals surface area contributed by atoms with Crippen LogP contribution in [0.4, 0.5) is 10.1 Å². The van der Waals surface area contributed by atoms with Crippen molar-refractivity contribution in [1.82, 2.24) is 4.57 Å². The number of aromatic nitrogens is 1. The van der Waals surface area contributed by atoms with E-state index in [1.54, 1.807) is 18.2 Å². The van der Waals surface area contributed by atoms with Gasteiger partial charge in [-0.05, 0) is 68.5 Å². The third kappa shape index (κ3) is 3.69. The second-order valence-electron chi connectivity index (χ2n) is 6.74. The predicted molar refractivity (Wildman–Crippen MR) is 95.9 cm³/mol. The minimum Gasteiger partial charge on any atom is -0.367 e. The summed E-state index contributed by atoms with van der Waals surface area (Å²) < 4.78 is 15.0. The zero-order chi connectivity index (χ0) is 17.1. The van der Waals surface area contributed by atoms with Crippen LogP contribution in [-0.2, 0) is 13.1 Å². The van der Waals surface area contributed by atoms with E-state index >= 15 is 0 Å². The molecule has 0 bridgehead atoms. The fourth-order valence-corrected chi connectivity index (χ4v) is 3.32. The highest BCUT2D eigenvalue weighted by atomic mass is 19.1. The van der Waals surface area contributed by atoms with Crippen molar-refractivity contribution >= 4 is 5.69 Å². The molecular formula is C20H25FN2O. The van der Waals surface area contributed by atoms with Crippen LogP contribution in [0.5, 0.6) is 0 Å². The molecule has 0 saturated heterocycles. The summed E-state index contributed by atoms with van der Waals surface area (Å²) in [6, 6.07) is 10.4. The van der Waals surface area contributed by atoms with E-state index in [1.807, 2.05) is 11.5 Å². The summed E-state index contributed by atoms with van der Waals surface area (Å²) in [5.41, 5.74) is 3.09. The Bertz CT molecular complexity index is 747. The maximum absolute atomic E-state index is 13.1. The van der Waals surface area contributed by atoms with Gasteiger partial charge in [-0.1, -0.05) is 6.42 Å². The Hall–Kier alpha value is -2.10. The largest absolute Gasteiger partial charge is 0.367 e. The quantitative estimate of drug-likeness (QED) is 0.797. The third-order valence-electron chi connectivity index (χ3n) is 5.01. The fraction of sp³-hybridized carbons (Fsp3) is 0.450. The molecule has 0 aliphatic heterocycles. The van der Waals surface area contributed by atoms with Gasteiger partial charge in [-0.2, -0.15) is 0 Å². The van der Waals surface area contributed by atoms with Gasteiger partial charge in [0.1, 0.15) is 5.82 Å². The van der Waals surface area contributed by atoms with Crippen molar-refractivity contribution in [2.45, 2.75) is 46.2 Å². The standard InChI is InChI=1S/C20H25FN2O/c1-3-22(19-9-7-18(21)8-10-19)13-17-11-15(2)23(20(24)12-17)14-16-5-4-6-16/h7-12,16H,3-6,13-14H2,1-2H3. The van der Waals surface area contributed by atoms with Gasteiger partial charge in [-0.15, -0.1) is 0 Å². The fourth-order valence-electron chi connectivity index (χ4n) is 3.32. The van der Waals surface area contributed by atoms with Crippen LogP contribution in [0.1, 0.15) is 37.4 Å². The van der Waals surface area contributed by atoms with Crippen molar-refractivity contribution in [3.63, 3.8) is 0 Å². The molecule has 1 heterocycles. The lowest BCUT2D eigenvalue weighted by Crippen LogP contribution is -2.30. The predicted octanol–water partition coefficient (Wildman–Crippen LogP) is 4.12. The first-order chi connectivity index (χ1) is 11.6. The molecule has 0 radical (unpaired) electrons. The molecule has 1 aromatic carbocycles. The Labute approximate surface area is 142 Å². The maximum atomic E-state index is 13.1. The molecule has 128 valence electrons. The van der Waals surface area contributed by atoms with Gasteiger partial charge in [-0.3, -0.25) is 4.79 Å².